The molecule has 0 saturated heterocycles. The third-order valence-corrected chi connectivity index (χ3v) is 3.50. The number of nitrogens with two attached hydrogens (primary N) is 1. The molecule has 2 aromatic carbocycles. The van der Waals surface area contributed by atoms with Gasteiger partial charge in [0.15, 0.2) is 0 Å². The van der Waals surface area contributed by atoms with Crippen molar-refractivity contribution in [3.05, 3.63) is 53.6 Å². The number of hydrogen-bond donors (Lipinski definition) is 2. The summed E-state index contributed by atoms with van der Waals surface area (Å²) in [5.41, 5.74) is 8.19. The number of fused-ring (bicyclic) bond motifs is 1. The molecule has 0 saturated carbocycles. The van der Waals surface area contributed by atoms with Crippen LogP contribution in [0.15, 0.2) is 42.5 Å². The van der Waals surface area contributed by atoms with Crippen molar-refractivity contribution in [1.82, 2.24) is 15.0 Å². The first kappa shape index (κ1) is 14.7. The van der Waals surface area contributed by atoms with Crippen LogP contribution in [0, 0.1) is 0 Å². The van der Waals surface area contributed by atoms with Gasteiger partial charge in [-0.2, -0.15) is 0 Å². The van der Waals surface area contributed by atoms with Crippen molar-refractivity contribution in [2.24, 2.45) is 5.73 Å². The van der Waals surface area contributed by atoms with Gasteiger partial charge in [0.05, 0.1) is 5.52 Å². The Morgan fingerprint density at radius 1 is 1.13 bits per heavy atom. The van der Waals surface area contributed by atoms with E-state index < -0.39 is 5.91 Å². The molecule has 0 spiro atoms. The minimum atomic E-state index is -0.507. The van der Waals surface area contributed by atoms with Crippen LogP contribution in [-0.4, -0.2) is 26.8 Å². The topological polar surface area (TPSA) is 103 Å². The Morgan fingerprint density at radius 2 is 1.83 bits per heavy atom. The second-order valence-corrected chi connectivity index (χ2v) is 5.00. The Hall–Kier alpha value is -3.22. The normalized spacial score (nSPS) is 10.7. The van der Waals surface area contributed by atoms with Gasteiger partial charge in [-0.15, -0.1) is 5.10 Å². The highest BCUT2D eigenvalue weighted by Gasteiger charge is 2.10. The lowest BCUT2D eigenvalue weighted by Crippen LogP contribution is -2.13. The smallest absolute Gasteiger partial charge is 0.255 e. The summed E-state index contributed by atoms with van der Waals surface area (Å²) in [6.07, 6.45) is 0. The highest BCUT2D eigenvalue weighted by molar-refractivity contribution is 6.06. The number of carbonyl (C=O) groups excluding carboxylic acids is 2. The molecule has 0 fully saturated rings. The maximum Gasteiger partial charge on any atom is 0.255 e. The first-order valence-corrected chi connectivity index (χ1v) is 7.13. The van der Waals surface area contributed by atoms with Crippen LogP contribution in [-0.2, 0) is 6.54 Å². The molecule has 7 nitrogen and oxygen atoms in total. The summed E-state index contributed by atoms with van der Waals surface area (Å²) in [4.78, 5) is 23.3. The summed E-state index contributed by atoms with van der Waals surface area (Å²) >= 11 is 0. The number of aryl methyl sites for hydroxylation is 1. The molecule has 0 radical (unpaired) electrons. The van der Waals surface area contributed by atoms with Gasteiger partial charge in [0.25, 0.3) is 5.91 Å². The Morgan fingerprint density at radius 3 is 2.48 bits per heavy atom. The number of anilines is 1. The van der Waals surface area contributed by atoms with Gasteiger partial charge in [-0.25, -0.2) is 4.68 Å². The molecule has 3 rings (SSSR count). The number of nitrogens with one attached hydrogen (secondary N) is 1. The number of nitrogens with zero attached hydrogens (tertiary/aromatic N) is 3. The lowest BCUT2D eigenvalue weighted by molar-refractivity contribution is 0.0998. The molecular formula is C16H15N5O2. The number of amides is 2. The van der Waals surface area contributed by atoms with Crippen molar-refractivity contribution in [1.29, 1.82) is 0 Å². The second kappa shape index (κ2) is 5.88. The molecular weight excluding hydrogens is 294 g/mol. The fourth-order valence-electron chi connectivity index (χ4n) is 2.27. The van der Waals surface area contributed by atoms with Gasteiger partial charge in [-0.3, -0.25) is 9.59 Å². The van der Waals surface area contributed by atoms with E-state index >= 15 is 0 Å². The second-order valence-electron chi connectivity index (χ2n) is 5.00. The lowest BCUT2D eigenvalue weighted by Gasteiger charge is -2.06. The molecule has 7 heteroatoms. The summed E-state index contributed by atoms with van der Waals surface area (Å²) in [7, 11) is 0. The average molecular weight is 309 g/mol. The van der Waals surface area contributed by atoms with Gasteiger partial charge in [0.2, 0.25) is 5.91 Å². The summed E-state index contributed by atoms with van der Waals surface area (Å²) in [5, 5.41) is 10.8. The first-order valence-electron chi connectivity index (χ1n) is 7.13. The highest BCUT2D eigenvalue weighted by atomic mass is 16.2. The van der Waals surface area contributed by atoms with E-state index in [-0.39, 0.29) is 5.91 Å². The minimum absolute atomic E-state index is 0.259. The van der Waals surface area contributed by atoms with Crippen LogP contribution in [0.25, 0.3) is 11.0 Å². The fourth-order valence-corrected chi connectivity index (χ4v) is 2.27. The monoisotopic (exact) mass is 309 g/mol. The fraction of sp³-hybridized carbons (Fsp3) is 0.125. The molecule has 0 aliphatic heterocycles. The third-order valence-electron chi connectivity index (χ3n) is 3.50. The van der Waals surface area contributed by atoms with Crippen molar-refractivity contribution in [3.8, 4) is 0 Å². The van der Waals surface area contributed by atoms with E-state index in [0.717, 1.165) is 5.52 Å². The molecule has 0 aliphatic carbocycles. The molecule has 1 heterocycles. The van der Waals surface area contributed by atoms with Gasteiger partial charge < -0.3 is 11.1 Å². The summed E-state index contributed by atoms with van der Waals surface area (Å²) in [6, 6.07) is 11.6. The Kier molecular flexibility index (Phi) is 3.76. The van der Waals surface area contributed by atoms with Crippen molar-refractivity contribution in [2.45, 2.75) is 13.5 Å². The Balaban J connectivity index is 1.81. The lowest BCUT2D eigenvalue weighted by atomic mass is 10.1. The van der Waals surface area contributed by atoms with Crippen molar-refractivity contribution < 1.29 is 9.59 Å². The number of aromatic nitrogens is 3. The van der Waals surface area contributed by atoms with Gasteiger partial charge in [0, 0.05) is 23.4 Å². The van der Waals surface area contributed by atoms with Gasteiger partial charge in [-0.05, 0) is 49.4 Å². The van der Waals surface area contributed by atoms with E-state index in [1.165, 1.54) is 0 Å². The zero-order valence-electron chi connectivity index (χ0n) is 12.5. The quantitative estimate of drug-likeness (QED) is 0.767. The van der Waals surface area contributed by atoms with E-state index in [1.54, 1.807) is 41.1 Å². The average Bonchev–Trinajstić information content (AvgIpc) is 2.97. The predicted molar refractivity (Wildman–Crippen MR) is 86.1 cm³/mol. The molecule has 23 heavy (non-hydrogen) atoms. The van der Waals surface area contributed by atoms with Crippen LogP contribution in [0.3, 0.4) is 0 Å². The van der Waals surface area contributed by atoms with Gasteiger partial charge in [0.1, 0.15) is 5.52 Å². The zero-order chi connectivity index (χ0) is 16.4. The number of hydrogen-bond acceptors (Lipinski definition) is 4. The van der Waals surface area contributed by atoms with Crippen LogP contribution in [0.5, 0.6) is 0 Å². The molecule has 3 N–H and O–H groups in total. The van der Waals surface area contributed by atoms with Crippen LogP contribution in [0.2, 0.25) is 0 Å². The number of rotatable bonds is 4. The van der Waals surface area contributed by atoms with E-state index in [9.17, 15) is 9.59 Å². The maximum absolute atomic E-state index is 12.3. The number of benzene rings is 2. The standard InChI is InChI=1S/C16H15N5O2/c1-2-21-14-8-5-11(9-13(14)19-20-21)16(23)18-12-6-3-10(4-7-12)15(17)22/h3-9H,2H2,1H3,(H2,17,22)(H,18,23). The SMILES string of the molecule is CCn1nnc2cc(C(=O)Nc3ccc(C(N)=O)cc3)ccc21. The van der Waals surface area contributed by atoms with E-state index in [4.69, 9.17) is 5.73 Å². The Labute approximate surface area is 132 Å². The van der Waals surface area contributed by atoms with E-state index in [1.807, 2.05) is 13.0 Å². The van der Waals surface area contributed by atoms with Crippen LogP contribution >= 0.6 is 0 Å². The van der Waals surface area contributed by atoms with Crippen molar-refractivity contribution >= 4 is 28.5 Å². The molecule has 116 valence electrons. The molecule has 3 aromatic rings. The van der Waals surface area contributed by atoms with Crippen LogP contribution in [0.1, 0.15) is 27.6 Å². The van der Waals surface area contributed by atoms with Crippen LogP contribution in [0.4, 0.5) is 5.69 Å². The van der Waals surface area contributed by atoms with Gasteiger partial charge >= 0.3 is 0 Å². The largest absolute Gasteiger partial charge is 0.366 e. The zero-order valence-corrected chi connectivity index (χ0v) is 12.5. The predicted octanol–water partition coefficient (Wildman–Crippen LogP) is 1.80. The third kappa shape index (κ3) is 2.89. The van der Waals surface area contributed by atoms with Crippen molar-refractivity contribution in [3.63, 3.8) is 0 Å². The van der Waals surface area contributed by atoms with Gasteiger partial charge in [-0.1, -0.05) is 5.21 Å². The van der Waals surface area contributed by atoms with Crippen LogP contribution < -0.4 is 11.1 Å². The van der Waals surface area contributed by atoms with Crippen molar-refractivity contribution in [2.75, 3.05) is 5.32 Å². The number of primary amides is 1. The molecule has 0 unspecified atom stereocenters. The molecule has 0 bridgehead atoms. The van der Waals surface area contributed by atoms with E-state index in [2.05, 4.69) is 15.6 Å². The highest BCUT2D eigenvalue weighted by Crippen LogP contribution is 2.16. The summed E-state index contributed by atoms with van der Waals surface area (Å²) in [5.74, 6) is -0.767. The molecule has 0 atom stereocenters. The van der Waals surface area contributed by atoms with E-state index in [0.29, 0.717) is 28.9 Å². The molecule has 2 amide bonds. The maximum atomic E-state index is 12.3. The first-order chi connectivity index (χ1) is 11.1. The molecule has 0 aliphatic rings. The Bertz CT molecular complexity index is 883. The summed E-state index contributed by atoms with van der Waals surface area (Å²) in [6.45, 7) is 2.69. The molecule has 1 aromatic heterocycles. The summed E-state index contributed by atoms with van der Waals surface area (Å²) < 4.78 is 1.76. The number of carbonyl (C=O) groups is 2. The minimum Gasteiger partial charge on any atom is -0.366 e.